The van der Waals surface area contributed by atoms with Crippen LogP contribution in [0.25, 0.3) is 10.9 Å². The van der Waals surface area contributed by atoms with Crippen LogP contribution in [0.1, 0.15) is 31.4 Å². The van der Waals surface area contributed by atoms with E-state index in [1.165, 1.54) is 5.56 Å². The molecule has 0 spiro atoms. The molecule has 1 fully saturated rings. The molecule has 4 heterocycles. The summed E-state index contributed by atoms with van der Waals surface area (Å²) in [6.45, 7) is 4.01. The summed E-state index contributed by atoms with van der Waals surface area (Å²) in [5.41, 5.74) is 2.27. The highest BCUT2D eigenvalue weighted by molar-refractivity contribution is 9.10. The lowest BCUT2D eigenvalue weighted by Gasteiger charge is -2.32. The smallest absolute Gasteiger partial charge is 0.225 e. The molecule has 0 aromatic carbocycles. The molecule has 0 unspecified atom stereocenters. The number of aryl methyl sites for hydroxylation is 1. The zero-order chi connectivity index (χ0) is 16.5. The molecule has 0 bridgehead atoms. The molecule has 6 nitrogen and oxygen atoms in total. The minimum absolute atomic E-state index is 0.400. The maximum absolute atomic E-state index is 4.59. The van der Waals surface area contributed by atoms with E-state index < -0.39 is 0 Å². The second-order valence-electron chi connectivity index (χ2n) is 6.12. The predicted octanol–water partition coefficient (Wildman–Crippen LogP) is 3.39. The Morgan fingerprint density at radius 3 is 2.54 bits per heavy atom. The Labute approximate surface area is 149 Å². The number of hydrogen-bond donors (Lipinski definition) is 0. The number of halogens is 1. The van der Waals surface area contributed by atoms with Crippen LogP contribution in [0.15, 0.2) is 35.5 Å². The van der Waals surface area contributed by atoms with E-state index in [0.29, 0.717) is 6.04 Å². The minimum atomic E-state index is 0.400. The van der Waals surface area contributed by atoms with Crippen molar-refractivity contribution in [3.8, 4) is 0 Å². The van der Waals surface area contributed by atoms with Gasteiger partial charge in [0, 0.05) is 30.9 Å². The molecule has 0 aliphatic carbocycles. The first-order valence-corrected chi connectivity index (χ1v) is 9.08. The zero-order valence-corrected chi connectivity index (χ0v) is 15.1. The number of rotatable bonds is 3. The van der Waals surface area contributed by atoms with Crippen molar-refractivity contribution in [2.24, 2.45) is 0 Å². The molecule has 0 amide bonds. The van der Waals surface area contributed by atoms with E-state index in [1.807, 2.05) is 30.9 Å². The van der Waals surface area contributed by atoms with Crippen molar-refractivity contribution < 1.29 is 0 Å². The molecule has 1 aliphatic rings. The fraction of sp³-hybridized carbons (Fsp3) is 0.412. The van der Waals surface area contributed by atoms with Gasteiger partial charge in [-0.1, -0.05) is 6.92 Å². The van der Waals surface area contributed by atoms with Crippen molar-refractivity contribution in [1.82, 2.24) is 24.7 Å². The van der Waals surface area contributed by atoms with Crippen molar-refractivity contribution in [2.75, 3.05) is 18.0 Å². The molecular formula is C17H19BrN6. The highest BCUT2D eigenvalue weighted by Gasteiger charge is 2.23. The molecule has 1 aliphatic heterocycles. The van der Waals surface area contributed by atoms with Crippen LogP contribution in [-0.2, 0) is 6.42 Å². The van der Waals surface area contributed by atoms with Gasteiger partial charge in [-0.25, -0.2) is 15.0 Å². The quantitative estimate of drug-likeness (QED) is 0.645. The third-order valence-corrected chi connectivity index (χ3v) is 5.08. The van der Waals surface area contributed by atoms with Gasteiger partial charge in [0.15, 0.2) is 0 Å². The van der Waals surface area contributed by atoms with E-state index in [-0.39, 0.29) is 0 Å². The summed E-state index contributed by atoms with van der Waals surface area (Å²) in [7, 11) is 0. The largest absolute Gasteiger partial charge is 0.341 e. The van der Waals surface area contributed by atoms with E-state index >= 15 is 0 Å². The fourth-order valence-corrected chi connectivity index (χ4v) is 3.56. The van der Waals surface area contributed by atoms with Gasteiger partial charge in [0.25, 0.3) is 0 Å². The number of fused-ring (bicyclic) bond motifs is 1. The zero-order valence-electron chi connectivity index (χ0n) is 13.6. The van der Waals surface area contributed by atoms with Crippen LogP contribution >= 0.6 is 15.9 Å². The fourth-order valence-electron chi connectivity index (χ4n) is 3.21. The van der Waals surface area contributed by atoms with Crippen LogP contribution in [0.5, 0.6) is 0 Å². The number of aromatic nitrogens is 5. The number of pyridine rings is 1. The van der Waals surface area contributed by atoms with E-state index in [9.17, 15) is 0 Å². The lowest BCUT2D eigenvalue weighted by molar-refractivity contribution is 0.373. The van der Waals surface area contributed by atoms with Crippen molar-refractivity contribution in [3.05, 3.63) is 41.0 Å². The van der Waals surface area contributed by atoms with Gasteiger partial charge >= 0.3 is 0 Å². The van der Waals surface area contributed by atoms with Gasteiger partial charge in [-0.05, 0) is 46.8 Å². The highest BCUT2D eigenvalue weighted by Crippen LogP contribution is 2.28. The van der Waals surface area contributed by atoms with Crippen molar-refractivity contribution in [2.45, 2.75) is 32.2 Å². The molecule has 24 heavy (non-hydrogen) atoms. The van der Waals surface area contributed by atoms with Crippen LogP contribution in [0.2, 0.25) is 0 Å². The summed E-state index contributed by atoms with van der Waals surface area (Å²) < 4.78 is 2.96. The maximum Gasteiger partial charge on any atom is 0.225 e. The molecule has 0 atom stereocenters. The van der Waals surface area contributed by atoms with Gasteiger partial charge in [-0.2, -0.15) is 5.10 Å². The molecule has 0 radical (unpaired) electrons. The molecule has 124 valence electrons. The molecule has 1 saturated heterocycles. The normalized spacial score (nSPS) is 16.0. The third-order valence-electron chi connectivity index (χ3n) is 4.64. The molecule has 4 rings (SSSR count). The first-order chi connectivity index (χ1) is 11.7. The SMILES string of the molecule is CCc1cnc(N2CCC(n3ncc4cc(Br)ncc43)CC2)nc1. The second kappa shape index (κ2) is 6.47. The van der Waals surface area contributed by atoms with E-state index in [4.69, 9.17) is 0 Å². The average molecular weight is 387 g/mol. The number of hydrogen-bond acceptors (Lipinski definition) is 5. The third kappa shape index (κ3) is 2.88. The first kappa shape index (κ1) is 15.5. The van der Waals surface area contributed by atoms with Crippen LogP contribution in [-0.4, -0.2) is 37.8 Å². The Morgan fingerprint density at radius 1 is 1.08 bits per heavy atom. The Morgan fingerprint density at radius 2 is 1.83 bits per heavy atom. The van der Waals surface area contributed by atoms with Gasteiger partial charge in [0.05, 0.1) is 24.0 Å². The lowest BCUT2D eigenvalue weighted by Crippen LogP contribution is -2.36. The van der Waals surface area contributed by atoms with Crippen LogP contribution in [0.4, 0.5) is 5.95 Å². The number of anilines is 1. The molecule has 0 N–H and O–H groups in total. The highest BCUT2D eigenvalue weighted by atomic mass is 79.9. The molecule has 3 aromatic rings. The van der Waals surface area contributed by atoms with Gasteiger partial charge in [0.1, 0.15) is 4.60 Å². The molecule has 7 heteroatoms. The van der Waals surface area contributed by atoms with Crippen molar-refractivity contribution in [3.63, 3.8) is 0 Å². The molecule has 0 saturated carbocycles. The van der Waals surface area contributed by atoms with Crippen LogP contribution in [0, 0.1) is 0 Å². The maximum atomic E-state index is 4.59. The standard InChI is InChI=1S/C17H19BrN6/c1-2-12-8-20-17(21-9-12)23-5-3-14(4-6-23)24-15-11-19-16(18)7-13(15)10-22-24/h7-11,14H,2-6H2,1H3. The summed E-state index contributed by atoms with van der Waals surface area (Å²) >= 11 is 3.41. The Hall–Kier alpha value is -2.02. The summed E-state index contributed by atoms with van der Waals surface area (Å²) in [6, 6.07) is 2.41. The van der Waals surface area contributed by atoms with Crippen LogP contribution < -0.4 is 4.90 Å². The van der Waals surface area contributed by atoms with Gasteiger partial charge in [-0.3, -0.25) is 4.68 Å². The topological polar surface area (TPSA) is 59.7 Å². The van der Waals surface area contributed by atoms with Crippen molar-refractivity contribution in [1.29, 1.82) is 0 Å². The summed E-state index contributed by atoms with van der Waals surface area (Å²) in [6.07, 6.45) is 10.7. The predicted molar refractivity (Wildman–Crippen MR) is 97.1 cm³/mol. The van der Waals surface area contributed by atoms with Crippen molar-refractivity contribution >= 4 is 32.8 Å². The number of piperidine rings is 1. The number of nitrogens with zero attached hydrogens (tertiary/aromatic N) is 6. The Balaban J connectivity index is 1.48. The Bertz CT molecular complexity index is 836. The molecule has 3 aromatic heterocycles. The monoisotopic (exact) mass is 386 g/mol. The van der Waals surface area contributed by atoms with E-state index in [2.05, 4.69) is 52.5 Å². The Kier molecular flexibility index (Phi) is 4.18. The summed E-state index contributed by atoms with van der Waals surface area (Å²) in [4.78, 5) is 15.6. The van der Waals surface area contributed by atoms with E-state index in [1.54, 1.807) is 0 Å². The van der Waals surface area contributed by atoms with Gasteiger partial charge in [0.2, 0.25) is 5.95 Å². The lowest BCUT2D eigenvalue weighted by atomic mass is 10.1. The van der Waals surface area contributed by atoms with Gasteiger partial charge < -0.3 is 4.90 Å². The second-order valence-corrected chi connectivity index (χ2v) is 6.93. The van der Waals surface area contributed by atoms with Gasteiger partial charge in [-0.15, -0.1) is 0 Å². The van der Waals surface area contributed by atoms with Crippen LogP contribution in [0.3, 0.4) is 0 Å². The summed E-state index contributed by atoms with van der Waals surface area (Å²) in [5.74, 6) is 0.835. The summed E-state index contributed by atoms with van der Waals surface area (Å²) in [5, 5.41) is 5.71. The molecular weight excluding hydrogens is 368 g/mol. The first-order valence-electron chi connectivity index (χ1n) is 8.29. The van der Waals surface area contributed by atoms with E-state index in [0.717, 1.165) is 53.8 Å². The average Bonchev–Trinajstić information content (AvgIpc) is 3.05. The minimum Gasteiger partial charge on any atom is -0.341 e.